The van der Waals surface area contributed by atoms with Gasteiger partial charge in [-0.25, -0.2) is 0 Å². The number of benzene rings is 1. The summed E-state index contributed by atoms with van der Waals surface area (Å²) in [6.07, 6.45) is 2.77. The summed E-state index contributed by atoms with van der Waals surface area (Å²) in [5.74, 6) is -0.841. The third kappa shape index (κ3) is 3.15. The predicted octanol–water partition coefficient (Wildman–Crippen LogP) is 2.78. The van der Waals surface area contributed by atoms with Gasteiger partial charge in [0, 0.05) is 30.8 Å². The number of carbonyl (C=O) groups excluding carboxylic acids is 3. The van der Waals surface area contributed by atoms with E-state index in [1.807, 2.05) is 6.92 Å². The second-order valence-electron chi connectivity index (χ2n) is 5.77. The fraction of sp³-hybridized carbons (Fsp3) is 0.316. The van der Waals surface area contributed by atoms with Crippen molar-refractivity contribution in [2.45, 2.75) is 19.8 Å². The maximum absolute atomic E-state index is 12.8. The van der Waals surface area contributed by atoms with Crippen LogP contribution in [0.5, 0.6) is 0 Å². The van der Waals surface area contributed by atoms with Gasteiger partial charge in [0.15, 0.2) is 11.5 Å². The van der Waals surface area contributed by atoms with Crippen molar-refractivity contribution < 1.29 is 19.1 Å². The first kappa shape index (κ1) is 17.7. The maximum Gasteiger partial charge on any atom is 0.249 e. The Kier molecular flexibility index (Phi) is 5.34. The molecule has 0 saturated heterocycles. The van der Waals surface area contributed by atoms with Crippen molar-refractivity contribution in [1.29, 1.82) is 0 Å². The van der Waals surface area contributed by atoms with Gasteiger partial charge in [0.1, 0.15) is 0 Å². The van der Waals surface area contributed by atoms with E-state index in [4.69, 9.17) is 4.74 Å². The van der Waals surface area contributed by atoms with E-state index in [0.29, 0.717) is 23.1 Å². The molecule has 0 atom stereocenters. The summed E-state index contributed by atoms with van der Waals surface area (Å²) < 4.78 is 5.20. The van der Waals surface area contributed by atoms with Crippen LogP contribution in [0, 0.1) is 0 Å². The Hall–Kier alpha value is -2.69. The van der Waals surface area contributed by atoms with Gasteiger partial charge in [0.2, 0.25) is 11.7 Å². The second kappa shape index (κ2) is 7.25. The lowest BCUT2D eigenvalue weighted by Crippen LogP contribution is -2.26. The first-order valence-corrected chi connectivity index (χ1v) is 7.81. The van der Waals surface area contributed by atoms with E-state index in [9.17, 15) is 14.4 Å². The molecule has 0 aromatic heterocycles. The topological polar surface area (TPSA) is 63.7 Å². The summed E-state index contributed by atoms with van der Waals surface area (Å²) in [6, 6.07) is 6.63. The molecule has 126 valence electrons. The molecule has 0 bridgehead atoms. The van der Waals surface area contributed by atoms with Crippen LogP contribution in [0.4, 0.5) is 0 Å². The quantitative estimate of drug-likeness (QED) is 0.780. The van der Waals surface area contributed by atoms with Gasteiger partial charge in [-0.05, 0) is 12.5 Å². The van der Waals surface area contributed by atoms with Gasteiger partial charge in [-0.2, -0.15) is 0 Å². The number of fused-ring (bicyclic) bond motifs is 1. The number of methoxy groups -OCH3 is 1. The average Bonchev–Trinajstić information content (AvgIpc) is 2.58. The number of nitrogens with zero attached hydrogens (tertiary/aromatic N) is 1. The zero-order valence-corrected chi connectivity index (χ0v) is 14.4. The van der Waals surface area contributed by atoms with E-state index in [1.54, 1.807) is 38.4 Å². The van der Waals surface area contributed by atoms with Crippen LogP contribution in [-0.2, 0) is 9.53 Å². The fourth-order valence-corrected chi connectivity index (χ4v) is 2.68. The Labute approximate surface area is 141 Å². The van der Waals surface area contributed by atoms with Gasteiger partial charge in [-0.15, -0.1) is 0 Å². The molecule has 1 amide bonds. The molecule has 0 fully saturated rings. The summed E-state index contributed by atoms with van der Waals surface area (Å²) >= 11 is 0. The molecule has 1 aliphatic rings. The highest BCUT2D eigenvalue weighted by Crippen LogP contribution is 2.28. The van der Waals surface area contributed by atoms with Crippen LogP contribution in [0.3, 0.4) is 0 Å². The van der Waals surface area contributed by atoms with Crippen molar-refractivity contribution in [2.24, 2.45) is 0 Å². The Morgan fingerprint density at radius 2 is 1.71 bits per heavy atom. The summed E-state index contributed by atoms with van der Waals surface area (Å²) in [5.41, 5.74) is 1.28. The van der Waals surface area contributed by atoms with Gasteiger partial charge < -0.3 is 9.64 Å². The molecule has 0 saturated carbocycles. The molecule has 1 aliphatic carbocycles. The predicted molar refractivity (Wildman–Crippen MR) is 90.8 cm³/mol. The third-order valence-electron chi connectivity index (χ3n) is 3.83. The lowest BCUT2D eigenvalue weighted by molar-refractivity contribution is -0.124. The number of carbonyl (C=O) groups is 3. The standard InChI is InChI=1S/C19H21NO4/c1-5-8-12(19(23)20(2)3)11-15-16(21)13-9-6-7-10-14(13)17(22)18(15)24-4/h6-7,9-11H,5,8H2,1-4H3. The fourth-order valence-electron chi connectivity index (χ4n) is 2.68. The molecule has 0 spiro atoms. The number of allylic oxidation sites excluding steroid dienone is 3. The van der Waals surface area contributed by atoms with Crippen LogP contribution >= 0.6 is 0 Å². The van der Waals surface area contributed by atoms with E-state index in [1.165, 1.54) is 18.1 Å². The highest BCUT2D eigenvalue weighted by atomic mass is 16.5. The van der Waals surface area contributed by atoms with Crippen molar-refractivity contribution in [2.75, 3.05) is 21.2 Å². The molecule has 0 unspecified atom stereocenters. The Morgan fingerprint density at radius 1 is 1.12 bits per heavy atom. The van der Waals surface area contributed by atoms with Crippen LogP contribution in [0.15, 0.2) is 47.2 Å². The molecular weight excluding hydrogens is 306 g/mol. The van der Waals surface area contributed by atoms with Crippen molar-refractivity contribution in [3.63, 3.8) is 0 Å². The summed E-state index contributed by atoms with van der Waals surface area (Å²) in [4.78, 5) is 39.2. The zero-order chi connectivity index (χ0) is 17.9. The summed E-state index contributed by atoms with van der Waals surface area (Å²) in [5, 5.41) is 0. The zero-order valence-electron chi connectivity index (χ0n) is 14.4. The molecular formula is C19H21NO4. The van der Waals surface area contributed by atoms with Gasteiger partial charge in [0.05, 0.1) is 12.7 Å². The maximum atomic E-state index is 12.8. The molecule has 5 nitrogen and oxygen atoms in total. The minimum atomic E-state index is -0.341. The SMILES string of the molecule is CCCC(=CC1=C(OC)C(=O)c2ccccc2C1=O)C(=O)N(C)C. The Morgan fingerprint density at radius 3 is 2.21 bits per heavy atom. The number of hydrogen-bond donors (Lipinski definition) is 0. The largest absolute Gasteiger partial charge is 0.492 e. The van der Waals surface area contributed by atoms with Gasteiger partial charge in [-0.3, -0.25) is 14.4 Å². The molecule has 2 rings (SSSR count). The first-order chi connectivity index (χ1) is 11.4. The molecule has 0 N–H and O–H groups in total. The molecule has 5 heteroatoms. The lowest BCUT2D eigenvalue weighted by atomic mass is 9.87. The monoisotopic (exact) mass is 327 g/mol. The van der Waals surface area contributed by atoms with E-state index in [2.05, 4.69) is 0 Å². The molecule has 0 aliphatic heterocycles. The normalized spacial score (nSPS) is 14.6. The molecule has 1 aromatic carbocycles. The smallest absolute Gasteiger partial charge is 0.249 e. The molecule has 0 heterocycles. The molecule has 1 aromatic rings. The number of ether oxygens (including phenoxy) is 1. The minimum absolute atomic E-state index is 0.0149. The second-order valence-corrected chi connectivity index (χ2v) is 5.77. The highest BCUT2D eigenvalue weighted by molar-refractivity contribution is 6.27. The molecule has 24 heavy (non-hydrogen) atoms. The summed E-state index contributed by atoms with van der Waals surface area (Å²) in [7, 11) is 4.66. The van der Waals surface area contributed by atoms with E-state index in [0.717, 1.165) is 6.42 Å². The van der Waals surface area contributed by atoms with Gasteiger partial charge in [0.25, 0.3) is 0 Å². The van der Waals surface area contributed by atoms with Crippen LogP contribution in [0.25, 0.3) is 0 Å². The lowest BCUT2D eigenvalue weighted by Gasteiger charge is -2.19. The average molecular weight is 327 g/mol. The Bertz CT molecular complexity index is 756. The number of likely N-dealkylation sites (N-methyl/N-ethyl adjacent to an activating group) is 1. The summed E-state index contributed by atoms with van der Waals surface area (Å²) in [6.45, 7) is 1.95. The van der Waals surface area contributed by atoms with Crippen molar-refractivity contribution in [3.8, 4) is 0 Å². The van der Waals surface area contributed by atoms with Gasteiger partial charge in [-0.1, -0.05) is 37.6 Å². The van der Waals surface area contributed by atoms with Crippen LogP contribution in [0.1, 0.15) is 40.5 Å². The van der Waals surface area contributed by atoms with E-state index < -0.39 is 0 Å². The number of rotatable bonds is 5. The van der Waals surface area contributed by atoms with Crippen molar-refractivity contribution in [1.82, 2.24) is 4.90 Å². The number of amides is 1. The number of Topliss-reactive ketones (excluding diaryl/α,β-unsaturated/α-hetero) is 2. The Balaban J connectivity index is 2.61. The van der Waals surface area contributed by atoms with Crippen LogP contribution in [0.2, 0.25) is 0 Å². The van der Waals surface area contributed by atoms with Crippen LogP contribution < -0.4 is 0 Å². The third-order valence-corrected chi connectivity index (χ3v) is 3.83. The molecule has 0 radical (unpaired) electrons. The van der Waals surface area contributed by atoms with Crippen LogP contribution in [-0.4, -0.2) is 43.6 Å². The number of ketones is 2. The van der Waals surface area contributed by atoms with Gasteiger partial charge >= 0.3 is 0 Å². The minimum Gasteiger partial charge on any atom is -0.492 e. The van der Waals surface area contributed by atoms with Crippen molar-refractivity contribution >= 4 is 17.5 Å². The highest BCUT2D eigenvalue weighted by Gasteiger charge is 2.32. The van der Waals surface area contributed by atoms with E-state index in [-0.39, 0.29) is 28.8 Å². The van der Waals surface area contributed by atoms with Crippen molar-refractivity contribution in [3.05, 3.63) is 58.4 Å². The number of hydrogen-bond acceptors (Lipinski definition) is 4. The van der Waals surface area contributed by atoms with E-state index >= 15 is 0 Å². The first-order valence-electron chi connectivity index (χ1n) is 7.81.